The van der Waals surface area contributed by atoms with Gasteiger partial charge in [-0.15, -0.1) is 0 Å². The van der Waals surface area contributed by atoms with Crippen LogP contribution in [0.2, 0.25) is 10.0 Å². The molecule has 0 aliphatic carbocycles. The topological polar surface area (TPSA) is 95.2 Å². The summed E-state index contributed by atoms with van der Waals surface area (Å²) in [7, 11) is 0. The van der Waals surface area contributed by atoms with Crippen LogP contribution in [0.5, 0.6) is 0 Å². The maximum absolute atomic E-state index is 13.2. The number of imide groups is 1. The lowest BCUT2D eigenvalue weighted by molar-refractivity contribution is -0.130. The highest BCUT2D eigenvalue weighted by Crippen LogP contribution is 2.35. The van der Waals surface area contributed by atoms with Crippen LogP contribution in [0.3, 0.4) is 0 Å². The fraction of sp³-hybridized carbons (Fsp3) is 0.217. The third kappa shape index (κ3) is 3.62. The molecule has 0 spiro atoms. The number of hydrogen-bond donors (Lipinski definition) is 1. The Hall–Kier alpha value is -3.34. The van der Waals surface area contributed by atoms with Gasteiger partial charge in [-0.05, 0) is 25.1 Å². The number of nitriles is 1. The molecule has 2 aromatic carbocycles. The molecule has 1 aromatic heterocycles. The largest absolute Gasteiger partial charge is 0.346 e. The zero-order valence-corrected chi connectivity index (χ0v) is 18.6. The third-order valence-corrected chi connectivity index (χ3v) is 6.15. The molecule has 1 fully saturated rings. The minimum absolute atomic E-state index is 0.238. The van der Waals surface area contributed by atoms with Crippen molar-refractivity contribution in [1.29, 1.82) is 5.26 Å². The second-order valence-corrected chi connectivity index (χ2v) is 8.50. The summed E-state index contributed by atoms with van der Waals surface area (Å²) in [5.41, 5.74) is 0.170. The lowest BCUT2D eigenvalue weighted by Crippen LogP contribution is -2.41. The van der Waals surface area contributed by atoms with Gasteiger partial charge in [0.25, 0.3) is 5.91 Å². The van der Waals surface area contributed by atoms with Crippen LogP contribution in [0, 0.1) is 11.3 Å². The molecule has 0 bridgehead atoms. The normalized spacial score (nSPS) is 18.1. The van der Waals surface area contributed by atoms with E-state index in [-0.39, 0.29) is 10.8 Å². The first kappa shape index (κ1) is 21.9. The van der Waals surface area contributed by atoms with Crippen molar-refractivity contribution >= 4 is 51.8 Å². The van der Waals surface area contributed by atoms with Crippen LogP contribution in [-0.4, -0.2) is 33.7 Å². The molecule has 1 N–H and O–H groups in total. The van der Waals surface area contributed by atoms with Crippen LogP contribution in [-0.2, 0) is 16.9 Å². The summed E-state index contributed by atoms with van der Waals surface area (Å²) in [5, 5.41) is 12.9. The van der Waals surface area contributed by atoms with Gasteiger partial charge in [-0.25, -0.2) is 4.79 Å². The van der Waals surface area contributed by atoms with E-state index in [1.54, 1.807) is 37.4 Å². The van der Waals surface area contributed by atoms with Crippen molar-refractivity contribution in [3.8, 4) is 6.07 Å². The highest BCUT2D eigenvalue weighted by molar-refractivity contribution is 6.35. The van der Waals surface area contributed by atoms with Crippen LogP contribution in [0.1, 0.15) is 29.3 Å². The van der Waals surface area contributed by atoms with Crippen LogP contribution in [0.25, 0.3) is 10.9 Å². The van der Waals surface area contributed by atoms with Gasteiger partial charge in [-0.2, -0.15) is 5.26 Å². The molecule has 3 aromatic rings. The number of ketones is 1. The molecule has 162 valence electrons. The molecule has 32 heavy (non-hydrogen) atoms. The number of nitrogens with zero attached hydrogens (tertiary/aromatic N) is 3. The number of para-hydroxylation sites is 1. The van der Waals surface area contributed by atoms with Gasteiger partial charge in [0.2, 0.25) is 0 Å². The fourth-order valence-corrected chi connectivity index (χ4v) is 4.57. The van der Waals surface area contributed by atoms with Gasteiger partial charge in [-0.1, -0.05) is 47.5 Å². The van der Waals surface area contributed by atoms with Crippen molar-refractivity contribution in [2.24, 2.45) is 0 Å². The monoisotopic (exact) mass is 468 g/mol. The quantitative estimate of drug-likeness (QED) is 0.425. The molecular weight excluding hydrogens is 451 g/mol. The van der Waals surface area contributed by atoms with Crippen molar-refractivity contribution in [1.82, 2.24) is 14.8 Å². The van der Waals surface area contributed by atoms with Crippen LogP contribution < -0.4 is 5.32 Å². The molecule has 1 unspecified atom stereocenters. The van der Waals surface area contributed by atoms with Crippen molar-refractivity contribution in [2.75, 3.05) is 6.54 Å². The van der Waals surface area contributed by atoms with Crippen molar-refractivity contribution in [2.45, 2.75) is 25.4 Å². The zero-order valence-electron chi connectivity index (χ0n) is 17.1. The summed E-state index contributed by atoms with van der Waals surface area (Å²) in [4.78, 5) is 39.9. The fourth-order valence-electron chi connectivity index (χ4n) is 3.97. The molecule has 1 atom stereocenters. The Bertz CT molecular complexity index is 1310. The highest BCUT2D eigenvalue weighted by atomic mass is 35.5. The van der Waals surface area contributed by atoms with Gasteiger partial charge < -0.3 is 9.88 Å². The van der Waals surface area contributed by atoms with Crippen molar-refractivity contribution in [3.05, 3.63) is 69.8 Å². The number of aryl methyl sites for hydroxylation is 1. The molecule has 0 radical (unpaired) electrons. The zero-order chi connectivity index (χ0) is 23.0. The summed E-state index contributed by atoms with van der Waals surface area (Å²) in [6.45, 7) is 1.55. The number of halogens is 2. The number of carbonyl (C=O) groups excluding carboxylic acids is 3. The Kier molecular flexibility index (Phi) is 5.68. The second-order valence-electron chi connectivity index (χ2n) is 7.66. The molecule has 1 aliphatic rings. The maximum Gasteiger partial charge on any atom is 0.325 e. The Morgan fingerprint density at radius 1 is 1.19 bits per heavy atom. The molecule has 1 saturated heterocycles. The summed E-state index contributed by atoms with van der Waals surface area (Å²) in [5.74, 6) is -0.958. The van der Waals surface area contributed by atoms with Crippen LogP contribution in [0.4, 0.5) is 4.79 Å². The maximum atomic E-state index is 13.2. The predicted molar refractivity (Wildman–Crippen MR) is 121 cm³/mol. The predicted octanol–water partition coefficient (Wildman–Crippen LogP) is 4.51. The number of fused-ring (bicyclic) bond motifs is 1. The number of benzene rings is 2. The molecule has 7 nitrogen and oxygen atoms in total. The van der Waals surface area contributed by atoms with Crippen molar-refractivity contribution in [3.63, 3.8) is 0 Å². The number of carbonyl (C=O) groups is 3. The number of rotatable bonds is 6. The van der Waals surface area contributed by atoms with E-state index >= 15 is 0 Å². The highest BCUT2D eigenvalue weighted by Gasteiger charge is 2.50. The third-order valence-electron chi connectivity index (χ3n) is 5.60. The van der Waals surface area contributed by atoms with Gasteiger partial charge >= 0.3 is 6.03 Å². The summed E-state index contributed by atoms with van der Waals surface area (Å²) in [6, 6.07) is 13.4. The van der Waals surface area contributed by atoms with E-state index in [1.807, 2.05) is 16.7 Å². The van der Waals surface area contributed by atoms with Gasteiger partial charge in [0.1, 0.15) is 5.54 Å². The lowest BCUT2D eigenvalue weighted by Gasteiger charge is -2.23. The average Bonchev–Trinajstić information content (AvgIpc) is 3.23. The number of urea groups is 1. The Labute approximate surface area is 194 Å². The Morgan fingerprint density at radius 3 is 2.66 bits per heavy atom. The number of nitrogens with one attached hydrogen (secondary N) is 1. The van der Waals surface area contributed by atoms with E-state index < -0.39 is 24.0 Å². The number of amides is 3. The first-order valence-electron chi connectivity index (χ1n) is 9.84. The number of hydrogen-bond acceptors (Lipinski definition) is 4. The molecule has 4 rings (SSSR count). The molecule has 3 amide bonds. The smallest absolute Gasteiger partial charge is 0.325 e. The molecule has 2 heterocycles. The summed E-state index contributed by atoms with van der Waals surface area (Å²) in [6.07, 6.45) is 1.96. The van der Waals surface area contributed by atoms with Crippen LogP contribution >= 0.6 is 23.2 Å². The number of Topliss-reactive ketones (excluding diaryl/α,β-unsaturated/α-hetero) is 1. The van der Waals surface area contributed by atoms with Crippen LogP contribution in [0.15, 0.2) is 48.7 Å². The van der Waals surface area contributed by atoms with E-state index in [9.17, 15) is 14.4 Å². The Balaban J connectivity index is 1.64. The van der Waals surface area contributed by atoms with E-state index in [4.69, 9.17) is 28.5 Å². The first-order chi connectivity index (χ1) is 15.3. The van der Waals surface area contributed by atoms with E-state index in [2.05, 4.69) is 11.4 Å². The van der Waals surface area contributed by atoms with Gasteiger partial charge in [-0.3, -0.25) is 14.5 Å². The SMILES string of the molecule is CC1(c2ccc(Cl)cc2Cl)NC(=O)N(CC(=O)c2cn(CCC#N)c3ccccc23)C1=O. The first-order valence-corrected chi connectivity index (χ1v) is 10.6. The lowest BCUT2D eigenvalue weighted by atomic mass is 9.92. The van der Waals surface area contributed by atoms with Gasteiger partial charge in [0.05, 0.1) is 19.0 Å². The van der Waals surface area contributed by atoms with Gasteiger partial charge in [0, 0.05) is 44.8 Å². The standard InChI is InChI=1S/C23H18Cl2N4O3/c1-23(17-8-7-14(24)11-18(17)25)21(31)29(22(32)27-23)13-20(30)16-12-28(10-4-9-26)19-6-3-2-5-15(16)19/h2-3,5-8,11-12H,4,10,13H2,1H3,(H,27,32). The molecule has 1 aliphatic heterocycles. The molecule has 9 heteroatoms. The average molecular weight is 469 g/mol. The van der Waals surface area contributed by atoms with E-state index in [0.29, 0.717) is 34.5 Å². The summed E-state index contributed by atoms with van der Waals surface area (Å²) >= 11 is 12.2. The second kappa shape index (κ2) is 8.30. The van der Waals surface area contributed by atoms with E-state index in [0.717, 1.165) is 10.4 Å². The molecule has 0 saturated carbocycles. The minimum atomic E-state index is -1.42. The summed E-state index contributed by atoms with van der Waals surface area (Å²) < 4.78 is 1.83. The van der Waals surface area contributed by atoms with E-state index in [1.165, 1.54) is 6.07 Å². The number of aromatic nitrogens is 1. The van der Waals surface area contributed by atoms with Crippen molar-refractivity contribution < 1.29 is 14.4 Å². The Morgan fingerprint density at radius 2 is 1.94 bits per heavy atom. The minimum Gasteiger partial charge on any atom is -0.346 e. The molecular formula is C23H18Cl2N4O3. The van der Waals surface area contributed by atoms with Gasteiger partial charge in [0.15, 0.2) is 5.78 Å².